The van der Waals surface area contributed by atoms with E-state index in [2.05, 4.69) is 212 Å². The Labute approximate surface area is 365 Å². The predicted octanol–water partition coefficient (Wildman–Crippen LogP) is 13.1. The number of aromatic nitrogens is 3. The maximum Gasteiger partial charge on any atom is 0.135 e. The van der Waals surface area contributed by atoms with Crippen molar-refractivity contribution in [2.45, 2.75) is 45.4 Å². The molecule has 300 valence electrons. The van der Waals surface area contributed by atoms with Gasteiger partial charge in [-0.25, -0.2) is 4.98 Å². The zero-order valence-corrected chi connectivity index (χ0v) is 35.8. The molecular formula is C53H44N5OPd-3. The second kappa shape index (κ2) is 15.3. The molecule has 6 aromatic carbocycles. The second-order valence-corrected chi connectivity index (χ2v) is 16.7. The average molecular weight is 873 g/mol. The van der Waals surface area contributed by atoms with Gasteiger partial charge in [0.1, 0.15) is 5.82 Å². The Hall–Kier alpha value is -6.39. The topological polar surface area (TPSA) is 38.5 Å². The van der Waals surface area contributed by atoms with Crippen molar-refractivity contribution in [2.24, 2.45) is 0 Å². The van der Waals surface area contributed by atoms with Crippen molar-refractivity contribution in [3.63, 3.8) is 0 Å². The SMILES string of the molecule is CC(C)(C)c1ccccc1N1C=CN(c2[c-]c(Oc3[c-]c4c(cc3)c3c(c5ccccc5n3-c3ccccc3)n4-c3cc(C(C)(C)c4ccccc4)ccn3)ccc2)[CH-]1.[Pd]. The second-order valence-electron chi connectivity index (χ2n) is 16.7. The Morgan fingerprint density at radius 1 is 0.583 bits per heavy atom. The summed E-state index contributed by atoms with van der Waals surface area (Å²) in [6, 6.07) is 60.1. The van der Waals surface area contributed by atoms with Crippen LogP contribution in [0.2, 0.25) is 0 Å². The van der Waals surface area contributed by atoms with E-state index in [-0.39, 0.29) is 31.3 Å². The number of fused-ring (bicyclic) bond motifs is 5. The van der Waals surface area contributed by atoms with E-state index in [0.29, 0.717) is 11.5 Å². The van der Waals surface area contributed by atoms with Gasteiger partial charge in [-0.1, -0.05) is 130 Å². The minimum absolute atomic E-state index is 0. The van der Waals surface area contributed by atoms with Gasteiger partial charge in [0.15, 0.2) is 0 Å². The quantitative estimate of drug-likeness (QED) is 0.113. The summed E-state index contributed by atoms with van der Waals surface area (Å²) in [6.45, 7) is 13.4. The van der Waals surface area contributed by atoms with Gasteiger partial charge in [-0.05, 0) is 70.9 Å². The van der Waals surface area contributed by atoms with Gasteiger partial charge in [0.2, 0.25) is 0 Å². The number of rotatable bonds is 8. The van der Waals surface area contributed by atoms with E-state index in [1.165, 1.54) is 16.7 Å². The Bertz CT molecular complexity index is 3030. The predicted molar refractivity (Wildman–Crippen MR) is 242 cm³/mol. The molecule has 10 rings (SSSR count). The van der Waals surface area contributed by atoms with Crippen LogP contribution in [0.15, 0.2) is 170 Å². The first-order chi connectivity index (χ1) is 28.6. The standard InChI is InChI=1S/C53H44N5O.Pd/c1-52(2,3)45-24-13-15-26-47(45)56-32-31-55(36-56)40-21-16-22-41(34-40)59-42-27-28-44-48(35-42)58(49-33-38(29-30-54-49)53(4,5)37-17-8-6-9-18-37)51-43-23-12-14-25-46(43)57(50(44)51)39-19-10-7-11-20-39;/h6-33,36H,1-5H3;/q-3;. The van der Waals surface area contributed by atoms with Crippen molar-refractivity contribution < 1.29 is 25.2 Å². The van der Waals surface area contributed by atoms with Crippen molar-refractivity contribution in [1.82, 2.24) is 14.1 Å². The largest absolute Gasteiger partial charge is 0.509 e. The third kappa shape index (κ3) is 6.78. The number of benzene rings is 6. The van der Waals surface area contributed by atoms with Crippen molar-refractivity contribution >= 4 is 44.2 Å². The molecule has 0 saturated carbocycles. The molecule has 0 aliphatic carbocycles. The van der Waals surface area contributed by atoms with Crippen molar-refractivity contribution in [3.8, 4) is 23.0 Å². The van der Waals surface area contributed by atoms with E-state index in [0.717, 1.165) is 55.7 Å². The normalized spacial score (nSPS) is 13.1. The molecule has 0 bridgehead atoms. The van der Waals surface area contributed by atoms with Gasteiger partial charge in [0.05, 0.1) is 11.0 Å². The Morgan fingerprint density at radius 3 is 2.07 bits per heavy atom. The number of ether oxygens (including phenoxy) is 1. The molecular weight excluding hydrogens is 829 g/mol. The molecule has 9 aromatic rings. The van der Waals surface area contributed by atoms with Crippen molar-refractivity contribution in [2.75, 3.05) is 9.80 Å². The van der Waals surface area contributed by atoms with Gasteiger partial charge in [-0.3, -0.25) is 0 Å². The summed E-state index contributed by atoms with van der Waals surface area (Å²) in [5.41, 5.74) is 10.7. The number of hydrogen-bond donors (Lipinski definition) is 0. The maximum atomic E-state index is 6.63. The summed E-state index contributed by atoms with van der Waals surface area (Å²) in [7, 11) is 0. The molecule has 60 heavy (non-hydrogen) atoms. The van der Waals surface area contributed by atoms with E-state index >= 15 is 0 Å². The van der Waals surface area contributed by atoms with Gasteiger partial charge < -0.3 is 23.7 Å². The third-order valence-corrected chi connectivity index (χ3v) is 11.5. The molecule has 4 heterocycles. The fourth-order valence-corrected chi connectivity index (χ4v) is 8.46. The van der Waals surface area contributed by atoms with Crippen LogP contribution in [-0.4, -0.2) is 14.1 Å². The van der Waals surface area contributed by atoms with Crippen LogP contribution in [0.1, 0.15) is 51.3 Å². The summed E-state index contributed by atoms with van der Waals surface area (Å²) in [5, 5.41) is 2.18. The molecule has 0 fully saturated rings. The Morgan fingerprint density at radius 2 is 1.27 bits per heavy atom. The summed E-state index contributed by atoms with van der Waals surface area (Å²) in [5.74, 6) is 2.00. The number of anilines is 2. The van der Waals surface area contributed by atoms with Crippen molar-refractivity contribution in [3.05, 3.63) is 206 Å². The maximum absolute atomic E-state index is 6.63. The van der Waals surface area contributed by atoms with Crippen LogP contribution >= 0.6 is 0 Å². The van der Waals surface area contributed by atoms with E-state index in [9.17, 15) is 0 Å². The summed E-state index contributed by atoms with van der Waals surface area (Å²) < 4.78 is 11.3. The van der Waals surface area contributed by atoms with E-state index in [4.69, 9.17) is 9.72 Å². The Balaban J connectivity index is 0.00000462. The van der Waals surface area contributed by atoms with Crippen LogP contribution in [0, 0.1) is 18.8 Å². The minimum Gasteiger partial charge on any atom is -0.509 e. The summed E-state index contributed by atoms with van der Waals surface area (Å²) >= 11 is 0. The van der Waals surface area contributed by atoms with Crippen LogP contribution < -0.4 is 14.5 Å². The first-order valence-corrected chi connectivity index (χ1v) is 20.1. The molecule has 0 amide bonds. The van der Waals surface area contributed by atoms with Crippen LogP contribution in [0.5, 0.6) is 11.5 Å². The average Bonchev–Trinajstić information content (AvgIpc) is 3.97. The Kier molecular flexibility index (Phi) is 9.99. The third-order valence-electron chi connectivity index (χ3n) is 11.5. The number of nitrogens with zero attached hydrogens (tertiary/aromatic N) is 5. The van der Waals surface area contributed by atoms with Gasteiger partial charge in [-0.2, -0.15) is 12.1 Å². The van der Waals surface area contributed by atoms with Gasteiger partial charge >= 0.3 is 0 Å². The zero-order valence-electron chi connectivity index (χ0n) is 34.2. The first-order valence-electron chi connectivity index (χ1n) is 20.1. The number of pyridine rings is 1. The monoisotopic (exact) mass is 872 g/mol. The molecule has 1 aliphatic heterocycles. The molecule has 0 saturated heterocycles. The number of hydrogen-bond acceptors (Lipinski definition) is 4. The van der Waals surface area contributed by atoms with E-state index in [1.54, 1.807) is 0 Å². The molecule has 0 N–H and O–H groups in total. The molecule has 0 unspecified atom stereocenters. The van der Waals surface area contributed by atoms with E-state index < -0.39 is 0 Å². The van der Waals surface area contributed by atoms with Crippen LogP contribution in [0.3, 0.4) is 0 Å². The first kappa shape index (κ1) is 39.1. The van der Waals surface area contributed by atoms with Gasteiger partial charge in [0, 0.05) is 65.8 Å². The molecule has 7 heteroatoms. The van der Waals surface area contributed by atoms with Crippen LogP contribution in [-0.2, 0) is 31.3 Å². The van der Waals surface area contributed by atoms with E-state index in [1.807, 2.05) is 30.5 Å². The van der Waals surface area contributed by atoms with Gasteiger partial charge in [-0.15, -0.1) is 42.7 Å². The molecule has 1 aliphatic rings. The van der Waals surface area contributed by atoms with Crippen LogP contribution in [0.25, 0.3) is 44.3 Å². The molecule has 0 spiro atoms. The summed E-state index contributed by atoms with van der Waals surface area (Å²) in [6.07, 6.45) is 6.07. The van der Waals surface area contributed by atoms with Crippen LogP contribution in [0.4, 0.5) is 11.4 Å². The minimum atomic E-state index is -0.257. The smallest absolute Gasteiger partial charge is 0.135 e. The van der Waals surface area contributed by atoms with Gasteiger partial charge in [0.25, 0.3) is 0 Å². The molecule has 6 nitrogen and oxygen atoms in total. The fourth-order valence-electron chi connectivity index (χ4n) is 8.46. The molecule has 0 radical (unpaired) electrons. The van der Waals surface area contributed by atoms with Crippen molar-refractivity contribution in [1.29, 1.82) is 0 Å². The molecule has 3 aromatic heterocycles. The zero-order chi connectivity index (χ0) is 40.3. The number of para-hydroxylation sites is 3. The fraction of sp³-hybridized carbons (Fsp3) is 0.132. The molecule has 0 atom stereocenters. The summed E-state index contributed by atoms with van der Waals surface area (Å²) in [4.78, 5) is 9.30.